The molecule has 1 aromatic rings. The van der Waals surface area contributed by atoms with E-state index < -0.39 is 5.82 Å². The lowest BCUT2D eigenvalue weighted by Gasteiger charge is -2.35. The summed E-state index contributed by atoms with van der Waals surface area (Å²) in [6.45, 7) is 4.26. The third-order valence-corrected chi connectivity index (χ3v) is 4.47. The summed E-state index contributed by atoms with van der Waals surface area (Å²) in [6, 6.07) is 4.51. The fourth-order valence-electron chi connectivity index (χ4n) is 3.23. The zero-order chi connectivity index (χ0) is 16.9. The molecule has 1 fully saturated rings. The van der Waals surface area contributed by atoms with Gasteiger partial charge < -0.3 is 15.8 Å². The molecule has 23 heavy (non-hydrogen) atoms. The predicted molar refractivity (Wildman–Crippen MR) is 90.0 cm³/mol. The van der Waals surface area contributed by atoms with Crippen LogP contribution in [0.4, 0.5) is 10.1 Å². The van der Waals surface area contributed by atoms with Crippen molar-refractivity contribution in [3.8, 4) is 5.75 Å². The number of ether oxygens (including phenoxy) is 1. The molecule has 4 nitrogen and oxygen atoms in total. The van der Waals surface area contributed by atoms with Crippen molar-refractivity contribution in [1.82, 2.24) is 0 Å². The summed E-state index contributed by atoms with van der Waals surface area (Å²) >= 11 is 0. The molecule has 0 unspecified atom stereocenters. The van der Waals surface area contributed by atoms with Crippen molar-refractivity contribution < 1.29 is 13.9 Å². The molecule has 1 amide bonds. The largest absolute Gasteiger partial charge is 0.491 e. The normalized spacial score (nSPS) is 17.1. The highest BCUT2D eigenvalue weighted by molar-refractivity contribution is 5.91. The molecule has 1 aliphatic rings. The molecule has 3 N–H and O–H groups in total. The number of rotatable bonds is 6. The van der Waals surface area contributed by atoms with Crippen LogP contribution < -0.4 is 15.8 Å². The lowest BCUT2D eigenvalue weighted by atomic mass is 9.71. The van der Waals surface area contributed by atoms with Crippen LogP contribution in [0, 0.1) is 11.2 Å². The maximum Gasteiger partial charge on any atom is 0.225 e. The van der Waals surface area contributed by atoms with E-state index in [2.05, 4.69) is 5.32 Å². The average molecular weight is 322 g/mol. The minimum Gasteiger partial charge on any atom is -0.491 e. The molecular formula is C18H27FN2O2. The molecule has 0 aromatic heterocycles. The Kier molecular flexibility index (Phi) is 5.99. The van der Waals surface area contributed by atoms with Crippen molar-refractivity contribution in [3.63, 3.8) is 0 Å². The van der Waals surface area contributed by atoms with Gasteiger partial charge in [0.25, 0.3) is 0 Å². The summed E-state index contributed by atoms with van der Waals surface area (Å²) in [5, 5.41) is 2.67. The highest BCUT2D eigenvalue weighted by atomic mass is 19.1. The van der Waals surface area contributed by atoms with Crippen LogP contribution in [-0.4, -0.2) is 18.6 Å². The Morgan fingerprint density at radius 2 is 2.04 bits per heavy atom. The van der Waals surface area contributed by atoms with Crippen molar-refractivity contribution in [2.24, 2.45) is 11.1 Å². The highest BCUT2D eigenvalue weighted by Crippen LogP contribution is 2.38. The van der Waals surface area contributed by atoms with Crippen LogP contribution in [0.25, 0.3) is 0 Å². The molecule has 128 valence electrons. The first-order chi connectivity index (χ1) is 10.9. The van der Waals surface area contributed by atoms with Gasteiger partial charge in [-0.05, 0) is 50.8 Å². The minimum absolute atomic E-state index is 0.0226. The Morgan fingerprint density at radius 1 is 1.35 bits per heavy atom. The number of benzene rings is 1. The van der Waals surface area contributed by atoms with E-state index in [-0.39, 0.29) is 23.1 Å². The molecule has 1 aliphatic carbocycles. The number of carbonyl (C=O) groups excluding carboxylic acids is 1. The molecule has 0 spiro atoms. The number of carbonyl (C=O) groups is 1. The fourth-order valence-corrected chi connectivity index (χ4v) is 3.23. The topological polar surface area (TPSA) is 64.3 Å². The van der Waals surface area contributed by atoms with Crippen molar-refractivity contribution in [2.75, 3.05) is 11.9 Å². The maximum atomic E-state index is 14.1. The van der Waals surface area contributed by atoms with Gasteiger partial charge in [-0.2, -0.15) is 0 Å². The van der Waals surface area contributed by atoms with Crippen molar-refractivity contribution >= 4 is 11.6 Å². The van der Waals surface area contributed by atoms with Gasteiger partial charge in [0.1, 0.15) is 11.6 Å². The van der Waals surface area contributed by atoms with Crippen LogP contribution in [0.1, 0.15) is 52.4 Å². The first-order valence-electron chi connectivity index (χ1n) is 8.40. The van der Waals surface area contributed by atoms with Gasteiger partial charge in [0.05, 0.1) is 11.8 Å². The minimum atomic E-state index is -0.484. The molecule has 5 heteroatoms. The fraction of sp³-hybridized carbons (Fsp3) is 0.611. The number of nitrogens with one attached hydrogen (secondary N) is 1. The Balaban J connectivity index is 1.99. The summed E-state index contributed by atoms with van der Waals surface area (Å²) in [5.74, 6) is -0.197. The van der Waals surface area contributed by atoms with Crippen LogP contribution in [0.3, 0.4) is 0 Å². The number of hydrogen-bond donors (Lipinski definition) is 2. The van der Waals surface area contributed by atoms with Gasteiger partial charge in [-0.25, -0.2) is 4.39 Å². The third kappa shape index (κ3) is 4.93. The first kappa shape index (κ1) is 17.7. The van der Waals surface area contributed by atoms with E-state index in [1.807, 2.05) is 13.8 Å². The van der Waals surface area contributed by atoms with Crippen molar-refractivity contribution in [1.29, 1.82) is 0 Å². The van der Waals surface area contributed by atoms with Gasteiger partial charge in [-0.1, -0.05) is 19.3 Å². The third-order valence-electron chi connectivity index (χ3n) is 4.47. The number of hydrogen-bond acceptors (Lipinski definition) is 3. The van der Waals surface area contributed by atoms with Gasteiger partial charge in [-0.15, -0.1) is 0 Å². The summed E-state index contributed by atoms with van der Waals surface area (Å²) in [6.07, 6.45) is 5.70. The summed E-state index contributed by atoms with van der Waals surface area (Å²) in [5.41, 5.74) is 5.97. The zero-order valence-corrected chi connectivity index (χ0v) is 14.0. The quantitative estimate of drug-likeness (QED) is 0.836. The Labute approximate surface area is 137 Å². The zero-order valence-electron chi connectivity index (χ0n) is 14.0. The van der Waals surface area contributed by atoms with E-state index >= 15 is 0 Å². The van der Waals surface area contributed by atoms with Crippen LogP contribution in [0.2, 0.25) is 0 Å². The molecular weight excluding hydrogens is 295 g/mol. The number of amides is 1. The van der Waals surface area contributed by atoms with Gasteiger partial charge in [0, 0.05) is 12.5 Å². The van der Waals surface area contributed by atoms with Crippen LogP contribution >= 0.6 is 0 Å². The second kappa shape index (κ2) is 7.77. The highest BCUT2D eigenvalue weighted by Gasteiger charge is 2.33. The summed E-state index contributed by atoms with van der Waals surface area (Å²) in [4.78, 5) is 12.3. The monoisotopic (exact) mass is 322 g/mol. The van der Waals surface area contributed by atoms with E-state index in [4.69, 9.17) is 10.5 Å². The van der Waals surface area contributed by atoms with E-state index in [1.54, 1.807) is 12.1 Å². The molecule has 2 rings (SSSR count). The van der Waals surface area contributed by atoms with Gasteiger partial charge in [-0.3, -0.25) is 4.79 Å². The van der Waals surface area contributed by atoms with Gasteiger partial charge in [0.15, 0.2) is 0 Å². The van der Waals surface area contributed by atoms with E-state index in [0.717, 1.165) is 25.7 Å². The van der Waals surface area contributed by atoms with Gasteiger partial charge >= 0.3 is 0 Å². The number of anilines is 1. The van der Waals surface area contributed by atoms with Gasteiger partial charge in [0.2, 0.25) is 5.91 Å². The molecule has 0 heterocycles. The Bertz CT molecular complexity index is 540. The summed E-state index contributed by atoms with van der Waals surface area (Å²) < 4.78 is 19.5. The number of nitrogens with two attached hydrogens (primary N) is 1. The first-order valence-corrected chi connectivity index (χ1v) is 8.40. The van der Waals surface area contributed by atoms with Crippen LogP contribution in [-0.2, 0) is 4.79 Å². The molecule has 1 aromatic carbocycles. The smallest absolute Gasteiger partial charge is 0.225 e. The molecule has 0 aliphatic heterocycles. The second-order valence-electron chi connectivity index (χ2n) is 6.80. The van der Waals surface area contributed by atoms with E-state index in [9.17, 15) is 9.18 Å². The van der Waals surface area contributed by atoms with E-state index in [0.29, 0.717) is 18.7 Å². The lowest BCUT2D eigenvalue weighted by molar-refractivity contribution is -0.118. The van der Waals surface area contributed by atoms with Crippen molar-refractivity contribution in [2.45, 2.75) is 58.5 Å². The summed E-state index contributed by atoms with van der Waals surface area (Å²) in [7, 11) is 0. The van der Waals surface area contributed by atoms with Crippen LogP contribution in [0.5, 0.6) is 5.75 Å². The standard InChI is InChI=1S/C18H27FN2O2/c1-13(2)23-14-6-7-16(15(19)10-14)21-17(22)11-18(12-20)8-4-3-5-9-18/h6-7,10,13H,3-5,8-9,11-12,20H2,1-2H3,(H,21,22). The molecule has 0 radical (unpaired) electrons. The predicted octanol–water partition coefficient (Wildman–Crippen LogP) is 3.85. The molecule has 0 atom stereocenters. The SMILES string of the molecule is CC(C)Oc1ccc(NC(=O)CC2(CN)CCCCC2)c(F)c1. The molecule has 1 saturated carbocycles. The van der Waals surface area contributed by atoms with Crippen LogP contribution in [0.15, 0.2) is 18.2 Å². The van der Waals surface area contributed by atoms with E-state index in [1.165, 1.54) is 12.5 Å². The Hall–Kier alpha value is -1.62. The average Bonchev–Trinajstić information content (AvgIpc) is 2.50. The Morgan fingerprint density at radius 3 is 2.61 bits per heavy atom. The van der Waals surface area contributed by atoms with Crippen molar-refractivity contribution in [3.05, 3.63) is 24.0 Å². The maximum absolute atomic E-state index is 14.1. The number of halogens is 1. The molecule has 0 bridgehead atoms. The lowest BCUT2D eigenvalue weighted by Crippen LogP contribution is -2.36. The second-order valence-corrected chi connectivity index (χ2v) is 6.80. The molecule has 0 saturated heterocycles.